The number of hydrogen-bond donors (Lipinski definition) is 1. The van der Waals surface area contributed by atoms with Gasteiger partial charge in [-0.2, -0.15) is 0 Å². The van der Waals surface area contributed by atoms with Crippen molar-refractivity contribution in [3.05, 3.63) is 0 Å². The van der Waals surface area contributed by atoms with Crippen molar-refractivity contribution in [2.24, 2.45) is 0 Å². The molecule has 5 atom stereocenters. The number of carbonyl (C=O) groups excluding carboxylic acids is 1. The molecule has 1 rings (SSSR count). The van der Waals surface area contributed by atoms with Crippen molar-refractivity contribution in [3.8, 4) is 0 Å². The molecule has 1 aliphatic rings. The van der Waals surface area contributed by atoms with Gasteiger partial charge in [0.25, 0.3) is 0 Å². The summed E-state index contributed by atoms with van der Waals surface area (Å²) in [6.45, 7) is 13.9. The Labute approximate surface area is 142 Å². The molecule has 0 aromatic heterocycles. The van der Waals surface area contributed by atoms with Crippen LogP contribution in [0.4, 0.5) is 0 Å². The molecule has 21 heavy (non-hydrogen) atoms. The smallest absolute Gasteiger partial charge is 0.303 e. The number of alkyl halides is 1. The number of halogens is 1. The molecule has 1 saturated heterocycles. The third-order valence-electron chi connectivity index (χ3n) is 4.27. The molecule has 0 aromatic rings. The van der Waals surface area contributed by atoms with E-state index in [2.05, 4.69) is 56.5 Å². The summed E-state index contributed by atoms with van der Waals surface area (Å²) in [7, 11) is -2.05. The van der Waals surface area contributed by atoms with Crippen LogP contribution in [0.15, 0.2) is 0 Å². The standard InChI is InChI=1S/C14H27IO5Si/c1-8-11(19-9(2)16)12(10(15)13(17)18-8)20-21(6,7)14(3,4)5/h8,10-13,17H,1-7H3/t8-,10+,11-,12-,13+/m1/s1. The predicted octanol–water partition coefficient (Wildman–Crippen LogP) is 2.85. The Morgan fingerprint density at radius 2 is 1.81 bits per heavy atom. The summed E-state index contributed by atoms with van der Waals surface area (Å²) in [5, 5.41) is 10.1. The molecule has 0 aliphatic carbocycles. The highest BCUT2D eigenvalue weighted by Gasteiger charge is 2.49. The predicted molar refractivity (Wildman–Crippen MR) is 92.0 cm³/mol. The third kappa shape index (κ3) is 4.63. The Kier molecular flexibility index (Phi) is 6.28. The van der Waals surface area contributed by atoms with Crippen molar-refractivity contribution in [2.75, 3.05) is 0 Å². The molecule has 124 valence electrons. The van der Waals surface area contributed by atoms with Crippen LogP contribution in [-0.2, 0) is 18.7 Å². The van der Waals surface area contributed by atoms with Gasteiger partial charge < -0.3 is 19.0 Å². The van der Waals surface area contributed by atoms with Crippen LogP contribution in [0.3, 0.4) is 0 Å². The quantitative estimate of drug-likeness (QED) is 0.323. The van der Waals surface area contributed by atoms with E-state index in [-0.39, 0.29) is 21.0 Å². The maximum atomic E-state index is 11.4. The number of aliphatic hydroxyl groups is 1. The summed E-state index contributed by atoms with van der Waals surface area (Å²) >= 11 is 2.12. The number of hydrogen-bond acceptors (Lipinski definition) is 5. The number of esters is 1. The van der Waals surface area contributed by atoms with Crippen LogP contribution in [0.2, 0.25) is 18.1 Å². The van der Waals surface area contributed by atoms with Gasteiger partial charge in [0.2, 0.25) is 0 Å². The molecule has 1 heterocycles. The van der Waals surface area contributed by atoms with Gasteiger partial charge in [-0.15, -0.1) is 0 Å². The van der Waals surface area contributed by atoms with E-state index in [1.165, 1.54) is 6.92 Å². The maximum Gasteiger partial charge on any atom is 0.303 e. The highest BCUT2D eigenvalue weighted by atomic mass is 127. The lowest BCUT2D eigenvalue weighted by Gasteiger charge is -2.47. The Bertz CT molecular complexity index is 382. The van der Waals surface area contributed by atoms with Crippen LogP contribution in [0.25, 0.3) is 0 Å². The van der Waals surface area contributed by atoms with E-state index in [0.717, 1.165) is 0 Å². The van der Waals surface area contributed by atoms with E-state index < -0.39 is 26.8 Å². The zero-order chi connectivity index (χ0) is 16.6. The number of rotatable bonds is 3. The fourth-order valence-corrected chi connectivity index (χ4v) is 4.30. The van der Waals surface area contributed by atoms with Crippen LogP contribution >= 0.6 is 22.6 Å². The van der Waals surface area contributed by atoms with Gasteiger partial charge in [0.1, 0.15) is 6.10 Å². The molecule has 0 aromatic carbocycles. The summed E-state index contributed by atoms with van der Waals surface area (Å²) in [6.07, 6.45) is -2.18. The van der Waals surface area contributed by atoms with Gasteiger partial charge in [-0.1, -0.05) is 43.4 Å². The SMILES string of the molecule is CC(=O)O[C@H]1[C@H](O[Si](C)(C)C(C)(C)C)[C@H](I)[C@@H](O)O[C@@H]1C. The van der Waals surface area contributed by atoms with Gasteiger partial charge in [-0.05, 0) is 25.1 Å². The van der Waals surface area contributed by atoms with Crippen LogP contribution in [0.1, 0.15) is 34.6 Å². The molecule has 0 saturated carbocycles. The molecule has 0 unspecified atom stereocenters. The first-order valence-corrected chi connectivity index (χ1v) is 11.3. The molecule has 0 bridgehead atoms. The summed E-state index contributed by atoms with van der Waals surface area (Å²) in [5.41, 5.74) is 0. The molecule has 1 fully saturated rings. The van der Waals surface area contributed by atoms with E-state index in [1.807, 2.05) is 0 Å². The van der Waals surface area contributed by atoms with Crippen molar-refractivity contribution in [1.29, 1.82) is 0 Å². The summed E-state index contributed by atoms with van der Waals surface area (Å²) < 4.78 is 17.0. The second kappa shape index (κ2) is 6.82. The van der Waals surface area contributed by atoms with E-state index in [9.17, 15) is 9.90 Å². The Morgan fingerprint density at radius 1 is 1.29 bits per heavy atom. The molecule has 1 aliphatic heterocycles. The fraction of sp³-hybridized carbons (Fsp3) is 0.929. The topological polar surface area (TPSA) is 65.0 Å². The number of carbonyl (C=O) groups is 1. The first kappa shape index (κ1) is 19.3. The fourth-order valence-electron chi connectivity index (χ4n) is 1.99. The lowest BCUT2D eigenvalue weighted by molar-refractivity contribution is -0.226. The second-order valence-electron chi connectivity index (χ2n) is 7.09. The minimum Gasteiger partial charge on any atom is -0.457 e. The minimum absolute atomic E-state index is 0.0383. The Morgan fingerprint density at radius 3 is 2.24 bits per heavy atom. The Hall–Kier alpha value is 0.297. The Balaban J connectivity index is 3.02. The zero-order valence-corrected chi connectivity index (χ0v) is 17.0. The van der Waals surface area contributed by atoms with Crippen molar-refractivity contribution in [1.82, 2.24) is 0 Å². The van der Waals surface area contributed by atoms with Gasteiger partial charge in [-0.25, -0.2) is 0 Å². The van der Waals surface area contributed by atoms with E-state index in [4.69, 9.17) is 13.9 Å². The van der Waals surface area contributed by atoms with E-state index in [0.29, 0.717) is 0 Å². The molecule has 5 nitrogen and oxygen atoms in total. The summed E-state index contributed by atoms with van der Waals surface area (Å²) in [4.78, 5) is 11.4. The normalized spacial score (nSPS) is 34.6. The lowest BCUT2D eigenvalue weighted by Crippen LogP contribution is -2.60. The lowest BCUT2D eigenvalue weighted by atomic mass is 10.0. The average molecular weight is 430 g/mol. The highest BCUT2D eigenvalue weighted by Crippen LogP contribution is 2.40. The van der Waals surface area contributed by atoms with Crippen LogP contribution in [0, 0.1) is 0 Å². The van der Waals surface area contributed by atoms with Gasteiger partial charge in [0.15, 0.2) is 20.7 Å². The van der Waals surface area contributed by atoms with Crippen molar-refractivity contribution in [3.63, 3.8) is 0 Å². The van der Waals surface area contributed by atoms with Crippen molar-refractivity contribution >= 4 is 36.9 Å². The third-order valence-corrected chi connectivity index (χ3v) is 10.1. The van der Waals surface area contributed by atoms with Gasteiger partial charge in [0.05, 0.1) is 10.0 Å². The van der Waals surface area contributed by atoms with E-state index in [1.54, 1.807) is 6.92 Å². The largest absolute Gasteiger partial charge is 0.457 e. The summed E-state index contributed by atoms with van der Waals surface area (Å²) in [5.74, 6) is -0.362. The minimum atomic E-state index is -2.05. The number of aliphatic hydroxyl groups excluding tert-OH is 1. The first-order chi connectivity index (χ1) is 9.36. The highest BCUT2D eigenvalue weighted by molar-refractivity contribution is 14.1. The monoisotopic (exact) mass is 430 g/mol. The van der Waals surface area contributed by atoms with Crippen LogP contribution < -0.4 is 0 Å². The van der Waals surface area contributed by atoms with Crippen molar-refractivity contribution in [2.45, 2.75) is 81.3 Å². The van der Waals surface area contributed by atoms with Crippen LogP contribution in [-0.4, -0.2) is 47.9 Å². The van der Waals surface area contributed by atoms with Crippen molar-refractivity contribution < 1.29 is 23.8 Å². The molecule has 1 N–H and O–H groups in total. The summed E-state index contributed by atoms with van der Waals surface area (Å²) in [6, 6.07) is 0. The van der Waals surface area contributed by atoms with E-state index >= 15 is 0 Å². The molecule has 0 amide bonds. The number of ether oxygens (including phenoxy) is 2. The molecular weight excluding hydrogens is 403 g/mol. The molecule has 7 heteroatoms. The molecular formula is C14H27IO5Si. The average Bonchev–Trinajstić information content (AvgIpc) is 2.28. The van der Waals surface area contributed by atoms with Gasteiger partial charge in [-0.3, -0.25) is 4.79 Å². The second-order valence-corrected chi connectivity index (χ2v) is 13.3. The zero-order valence-electron chi connectivity index (χ0n) is 13.8. The first-order valence-electron chi connectivity index (χ1n) is 7.19. The maximum absolute atomic E-state index is 11.4. The van der Waals surface area contributed by atoms with Crippen LogP contribution in [0.5, 0.6) is 0 Å². The van der Waals surface area contributed by atoms with Gasteiger partial charge in [0, 0.05) is 6.92 Å². The van der Waals surface area contributed by atoms with Gasteiger partial charge >= 0.3 is 5.97 Å². The molecule has 0 radical (unpaired) electrons. The molecule has 0 spiro atoms.